The first kappa shape index (κ1) is 24.6. The van der Waals surface area contributed by atoms with Crippen LogP contribution in [0, 0.1) is 0 Å². The summed E-state index contributed by atoms with van der Waals surface area (Å²) in [6, 6.07) is 7.30. The van der Waals surface area contributed by atoms with Crippen LogP contribution in [0.25, 0.3) is 0 Å². The molecule has 0 aliphatic rings. The Balaban J connectivity index is 2.67. The number of hydrogen-bond donors (Lipinski definition) is 0. The predicted octanol–water partition coefficient (Wildman–Crippen LogP) is 6.05. The number of methoxy groups -OCH3 is 1. The van der Waals surface area contributed by atoms with Crippen molar-refractivity contribution in [1.29, 1.82) is 0 Å². The van der Waals surface area contributed by atoms with Crippen LogP contribution >= 0.6 is 11.6 Å². The third-order valence-corrected chi connectivity index (χ3v) is 10.0. The summed E-state index contributed by atoms with van der Waals surface area (Å²) in [6.45, 7) is 13.7. The first-order chi connectivity index (χ1) is 12.9. The zero-order valence-electron chi connectivity index (χ0n) is 18.2. The second-order valence-corrected chi connectivity index (χ2v) is 13.9. The Morgan fingerprint density at radius 3 is 2.29 bits per heavy atom. The Kier molecular flexibility index (Phi) is 9.12. The third kappa shape index (κ3) is 7.53. The van der Waals surface area contributed by atoms with Gasteiger partial charge in [-0.15, -0.1) is 0 Å². The second kappa shape index (κ2) is 10.4. The van der Waals surface area contributed by atoms with Gasteiger partial charge < -0.3 is 9.16 Å². The van der Waals surface area contributed by atoms with Gasteiger partial charge in [-0.3, -0.25) is 4.99 Å². The van der Waals surface area contributed by atoms with E-state index >= 15 is 0 Å². The number of carbonyl (C=O) groups is 1. The fourth-order valence-electron chi connectivity index (χ4n) is 2.20. The smallest absolute Gasteiger partial charge is 0.333 e. The summed E-state index contributed by atoms with van der Waals surface area (Å²) in [7, 11) is -0.336. The van der Waals surface area contributed by atoms with Gasteiger partial charge in [-0.05, 0) is 49.2 Å². The summed E-state index contributed by atoms with van der Waals surface area (Å²) < 4.78 is 11.1. The lowest BCUT2D eigenvalue weighted by Crippen LogP contribution is -2.40. The predicted molar refractivity (Wildman–Crippen MR) is 121 cm³/mol. The van der Waals surface area contributed by atoms with Gasteiger partial charge in [0.1, 0.15) is 0 Å². The zero-order chi connectivity index (χ0) is 21.4. The van der Waals surface area contributed by atoms with Crippen molar-refractivity contribution < 1.29 is 14.0 Å². The van der Waals surface area contributed by atoms with Crippen LogP contribution in [0.5, 0.6) is 0 Å². The lowest BCUT2D eigenvalue weighted by atomic mass is 9.98. The van der Waals surface area contributed by atoms with Crippen LogP contribution < -0.4 is 0 Å². The molecule has 0 saturated heterocycles. The molecule has 0 spiro atoms. The van der Waals surface area contributed by atoms with E-state index in [1.54, 1.807) is 25.3 Å². The summed E-state index contributed by atoms with van der Waals surface area (Å²) in [5, 5.41) is 0.868. The van der Waals surface area contributed by atoms with Crippen molar-refractivity contribution in [3.05, 3.63) is 47.0 Å². The topological polar surface area (TPSA) is 47.9 Å². The molecule has 1 atom stereocenters. The molecule has 0 aliphatic heterocycles. The van der Waals surface area contributed by atoms with Crippen molar-refractivity contribution in [3.8, 4) is 0 Å². The van der Waals surface area contributed by atoms with Crippen molar-refractivity contribution in [2.24, 2.45) is 4.99 Å². The fourth-order valence-corrected chi connectivity index (χ4v) is 3.39. The van der Waals surface area contributed by atoms with E-state index in [0.29, 0.717) is 18.1 Å². The molecule has 6 heteroatoms. The van der Waals surface area contributed by atoms with Crippen LogP contribution in [0.4, 0.5) is 0 Å². The van der Waals surface area contributed by atoms with E-state index in [4.69, 9.17) is 20.8 Å². The van der Waals surface area contributed by atoms with E-state index in [1.807, 2.05) is 24.3 Å². The summed E-state index contributed by atoms with van der Waals surface area (Å²) in [4.78, 5) is 16.8. The van der Waals surface area contributed by atoms with Crippen LogP contribution in [0.15, 0.2) is 41.4 Å². The Hall–Kier alpha value is -1.43. The normalized spacial score (nSPS) is 15.1. The van der Waals surface area contributed by atoms with Crippen molar-refractivity contribution in [3.63, 3.8) is 0 Å². The molecule has 0 saturated carbocycles. The minimum atomic E-state index is -1.72. The van der Waals surface area contributed by atoms with Crippen molar-refractivity contribution >= 4 is 32.1 Å². The van der Waals surface area contributed by atoms with Gasteiger partial charge in [0.05, 0.1) is 7.11 Å². The van der Waals surface area contributed by atoms with Crippen LogP contribution in [0.2, 0.25) is 23.2 Å². The van der Waals surface area contributed by atoms with E-state index in [1.165, 1.54) is 7.11 Å². The summed E-state index contributed by atoms with van der Waals surface area (Å²) in [5.41, 5.74) is -0.0863. The molecule has 156 valence electrons. The average molecular weight is 424 g/mol. The highest BCUT2D eigenvalue weighted by molar-refractivity contribution is 6.74. The molecule has 0 amide bonds. The fraction of sp³-hybridized carbons (Fsp3) is 0.545. The Labute approximate surface area is 176 Å². The Morgan fingerprint density at radius 2 is 1.75 bits per heavy atom. The lowest BCUT2D eigenvalue weighted by molar-refractivity contribution is -0.146. The number of hydrogen-bond acceptors (Lipinski definition) is 4. The first-order valence-electron chi connectivity index (χ1n) is 9.59. The van der Waals surface area contributed by atoms with Crippen molar-refractivity contribution in [2.45, 2.75) is 64.2 Å². The molecular weight excluding hydrogens is 390 g/mol. The van der Waals surface area contributed by atoms with E-state index in [2.05, 4.69) is 38.9 Å². The van der Waals surface area contributed by atoms with E-state index < -0.39 is 13.9 Å². The number of ether oxygens (including phenoxy) is 1. The minimum Gasteiger partial charge on any atom is -0.467 e. The molecule has 0 N–H and O–H groups in total. The Morgan fingerprint density at radius 1 is 1.14 bits per heavy atom. The van der Waals surface area contributed by atoms with Crippen molar-refractivity contribution in [2.75, 3.05) is 13.7 Å². The molecule has 1 aromatic carbocycles. The van der Waals surface area contributed by atoms with Gasteiger partial charge in [-0.25, -0.2) is 4.79 Å². The molecular formula is C22H34ClNO3Si. The van der Waals surface area contributed by atoms with Gasteiger partial charge in [0.2, 0.25) is 0 Å². The maximum Gasteiger partial charge on any atom is 0.333 e. The maximum absolute atomic E-state index is 12.3. The zero-order valence-corrected chi connectivity index (χ0v) is 20.0. The molecule has 4 nitrogen and oxygen atoms in total. The second-order valence-electron chi connectivity index (χ2n) is 8.65. The van der Waals surface area contributed by atoms with Gasteiger partial charge >= 0.3 is 5.97 Å². The number of nitrogens with zero attached hydrogens (tertiary/aromatic N) is 1. The van der Waals surface area contributed by atoms with Crippen LogP contribution in [-0.2, 0) is 14.0 Å². The summed E-state index contributed by atoms with van der Waals surface area (Å²) in [5.74, 6) is -0.361. The molecule has 1 rings (SSSR count). The lowest BCUT2D eigenvalue weighted by Gasteiger charge is -2.36. The highest BCUT2D eigenvalue weighted by Crippen LogP contribution is 2.36. The van der Waals surface area contributed by atoms with Crippen LogP contribution in [0.1, 0.15) is 46.1 Å². The number of carbonyl (C=O) groups excluding carboxylic acids is 1. The number of esters is 1. The number of rotatable bonds is 9. The molecule has 0 aromatic heterocycles. The molecule has 0 radical (unpaired) electrons. The molecule has 0 aliphatic carbocycles. The third-order valence-electron chi connectivity index (χ3n) is 5.23. The van der Waals surface area contributed by atoms with Crippen LogP contribution in [0.3, 0.4) is 0 Å². The quantitative estimate of drug-likeness (QED) is 0.160. The van der Waals surface area contributed by atoms with Gasteiger partial charge in [0.25, 0.3) is 0 Å². The minimum absolute atomic E-state index is 0.205. The molecule has 0 heterocycles. The SMILES string of the molecule is COC(=O)C(C)(C/C=C\CCO[Si](C)(C)C(C)(C)C)N=Cc1ccc(Cl)cc1. The van der Waals surface area contributed by atoms with E-state index in [0.717, 1.165) is 12.0 Å². The Bertz CT molecular complexity index is 693. The van der Waals surface area contributed by atoms with Gasteiger partial charge in [-0.2, -0.15) is 0 Å². The summed E-state index contributed by atoms with van der Waals surface area (Å²) in [6.07, 6.45) is 6.98. The highest BCUT2D eigenvalue weighted by Gasteiger charge is 2.36. The molecule has 0 fully saturated rings. The molecule has 1 aromatic rings. The number of halogens is 1. The standard InChI is InChI=1S/C22H34ClNO3Si/c1-21(2,3)28(6,7)27-16-10-8-9-15-22(4,20(25)26-5)24-17-18-11-13-19(23)14-12-18/h8-9,11-14,17H,10,15-16H2,1-7H3/b9-8-,24-17?. The average Bonchev–Trinajstić information content (AvgIpc) is 2.62. The molecule has 1 unspecified atom stereocenters. The summed E-state index contributed by atoms with van der Waals surface area (Å²) >= 11 is 5.90. The largest absolute Gasteiger partial charge is 0.467 e. The molecule has 0 bridgehead atoms. The van der Waals surface area contributed by atoms with Gasteiger partial charge in [0, 0.05) is 24.3 Å². The highest BCUT2D eigenvalue weighted by atomic mass is 35.5. The molecule has 28 heavy (non-hydrogen) atoms. The van der Waals surface area contributed by atoms with Gasteiger partial charge in [0.15, 0.2) is 13.9 Å². The monoisotopic (exact) mass is 423 g/mol. The van der Waals surface area contributed by atoms with Crippen molar-refractivity contribution in [1.82, 2.24) is 0 Å². The van der Waals surface area contributed by atoms with E-state index in [9.17, 15) is 4.79 Å². The number of benzene rings is 1. The van der Waals surface area contributed by atoms with E-state index in [-0.39, 0.29) is 11.0 Å². The first-order valence-corrected chi connectivity index (χ1v) is 12.9. The van der Waals surface area contributed by atoms with Gasteiger partial charge in [-0.1, -0.05) is 56.7 Å². The number of aliphatic imine (C=N–C) groups is 1. The van der Waals surface area contributed by atoms with Crippen LogP contribution in [-0.4, -0.2) is 39.8 Å². The maximum atomic E-state index is 12.3.